The van der Waals surface area contributed by atoms with E-state index < -0.39 is 34.0 Å². The first-order valence-corrected chi connectivity index (χ1v) is 12.0. The Labute approximate surface area is 182 Å². The van der Waals surface area contributed by atoms with E-state index in [-0.39, 0.29) is 22.5 Å². The maximum Gasteiger partial charge on any atom is 0.339 e. The maximum absolute atomic E-state index is 13.1. The largest absolute Gasteiger partial charge is 0.449 e. The van der Waals surface area contributed by atoms with E-state index in [1.165, 1.54) is 23.4 Å². The van der Waals surface area contributed by atoms with E-state index in [0.29, 0.717) is 12.1 Å². The summed E-state index contributed by atoms with van der Waals surface area (Å²) in [5, 5.41) is 4.75. The van der Waals surface area contributed by atoms with Crippen LogP contribution in [0.25, 0.3) is 0 Å². The Morgan fingerprint density at radius 3 is 2.52 bits per heavy atom. The summed E-state index contributed by atoms with van der Waals surface area (Å²) in [6.45, 7) is 5.32. The normalized spacial score (nSPS) is 20.5. The standard InChI is InChI=1S/C21H29N3O6S/c1-13-7-10-17(31(28,29)24-11-5-4-6-14(24)2)12-18(13)20(26)30-15(3)19(25)23-21(27)22-16-8-9-16/h7,10,12,14-16H,4-6,8-9,11H2,1-3H3,(H2,22,23,25,27). The molecule has 2 unspecified atom stereocenters. The lowest BCUT2D eigenvalue weighted by Crippen LogP contribution is -2.45. The van der Waals surface area contributed by atoms with Gasteiger partial charge >= 0.3 is 12.0 Å². The van der Waals surface area contributed by atoms with Crippen LogP contribution in [0.15, 0.2) is 23.1 Å². The van der Waals surface area contributed by atoms with Crippen molar-refractivity contribution in [1.82, 2.24) is 14.9 Å². The maximum atomic E-state index is 13.1. The summed E-state index contributed by atoms with van der Waals surface area (Å²) in [7, 11) is -3.76. The average molecular weight is 452 g/mol. The summed E-state index contributed by atoms with van der Waals surface area (Å²) >= 11 is 0. The second-order valence-electron chi connectivity index (χ2n) is 8.22. The Hall–Kier alpha value is -2.46. The van der Waals surface area contributed by atoms with E-state index >= 15 is 0 Å². The van der Waals surface area contributed by atoms with Crippen LogP contribution in [0.1, 0.15) is 61.9 Å². The third kappa shape index (κ3) is 5.62. The fraction of sp³-hybridized carbons (Fsp3) is 0.571. The van der Waals surface area contributed by atoms with E-state index in [2.05, 4.69) is 10.6 Å². The fourth-order valence-electron chi connectivity index (χ4n) is 3.49. The molecule has 2 N–H and O–H groups in total. The predicted molar refractivity (Wildman–Crippen MR) is 113 cm³/mol. The van der Waals surface area contributed by atoms with Crippen LogP contribution in [0.5, 0.6) is 0 Å². The van der Waals surface area contributed by atoms with Crippen LogP contribution in [-0.2, 0) is 19.6 Å². The number of imide groups is 1. The minimum Gasteiger partial charge on any atom is -0.449 e. The van der Waals surface area contributed by atoms with E-state index in [4.69, 9.17) is 4.74 Å². The molecule has 1 saturated carbocycles. The van der Waals surface area contributed by atoms with Gasteiger partial charge in [0, 0.05) is 18.6 Å². The molecule has 2 atom stereocenters. The van der Waals surface area contributed by atoms with Crippen LogP contribution >= 0.6 is 0 Å². The van der Waals surface area contributed by atoms with Crippen LogP contribution in [-0.4, -0.2) is 55.4 Å². The molecule has 9 nitrogen and oxygen atoms in total. The van der Waals surface area contributed by atoms with Gasteiger partial charge in [-0.3, -0.25) is 10.1 Å². The number of piperidine rings is 1. The predicted octanol–water partition coefficient (Wildman–Crippen LogP) is 2.09. The van der Waals surface area contributed by atoms with Crippen molar-refractivity contribution in [2.45, 2.75) is 76.0 Å². The van der Waals surface area contributed by atoms with Crippen molar-refractivity contribution in [2.75, 3.05) is 6.54 Å². The number of sulfonamides is 1. The molecule has 3 amide bonds. The Bertz CT molecular complexity index is 973. The molecule has 0 spiro atoms. The van der Waals surface area contributed by atoms with Crippen LogP contribution < -0.4 is 10.6 Å². The lowest BCUT2D eigenvalue weighted by atomic mass is 10.1. The number of carbonyl (C=O) groups excluding carboxylic acids is 3. The van der Waals surface area contributed by atoms with Crippen molar-refractivity contribution >= 4 is 27.9 Å². The highest BCUT2D eigenvalue weighted by Gasteiger charge is 2.32. The first kappa shape index (κ1) is 23.2. The Morgan fingerprint density at radius 1 is 1.16 bits per heavy atom. The summed E-state index contributed by atoms with van der Waals surface area (Å²) in [5.74, 6) is -1.58. The van der Waals surface area contributed by atoms with Crippen molar-refractivity contribution in [3.63, 3.8) is 0 Å². The van der Waals surface area contributed by atoms with Crippen LogP contribution in [0, 0.1) is 6.92 Å². The number of urea groups is 1. The zero-order valence-electron chi connectivity index (χ0n) is 18.0. The quantitative estimate of drug-likeness (QED) is 0.639. The number of esters is 1. The molecule has 1 aromatic carbocycles. The van der Waals surface area contributed by atoms with Crippen molar-refractivity contribution in [3.8, 4) is 0 Å². The van der Waals surface area contributed by atoms with Gasteiger partial charge in [-0.1, -0.05) is 12.5 Å². The molecule has 31 heavy (non-hydrogen) atoms. The summed E-state index contributed by atoms with van der Waals surface area (Å²) < 4.78 is 32.8. The van der Waals surface area contributed by atoms with Gasteiger partial charge in [0.2, 0.25) is 10.0 Å². The molecule has 1 saturated heterocycles. The molecule has 1 aliphatic heterocycles. The molecule has 2 fully saturated rings. The van der Waals surface area contributed by atoms with Crippen molar-refractivity contribution in [2.24, 2.45) is 0 Å². The molecule has 3 rings (SSSR count). The highest BCUT2D eigenvalue weighted by molar-refractivity contribution is 7.89. The molecular formula is C21H29N3O6S. The zero-order chi connectivity index (χ0) is 22.8. The number of benzene rings is 1. The van der Waals surface area contributed by atoms with Crippen molar-refractivity contribution < 1.29 is 27.5 Å². The number of carbonyl (C=O) groups is 3. The highest BCUT2D eigenvalue weighted by atomic mass is 32.2. The topological polar surface area (TPSA) is 122 Å². The van der Waals surface area contributed by atoms with Gasteiger partial charge in [0.15, 0.2) is 6.10 Å². The smallest absolute Gasteiger partial charge is 0.339 e. The molecular weight excluding hydrogens is 422 g/mol. The Balaban J connectivity index is 1.70. The molecule has 10 heteroatoms. The number of aryl methyl sites for hydroxylation is 1. The van der Waals surface area contributed by atoms with E-state index in [1.807, 2.05) is 6.92 Å². The second kappa shape index (κ2) is 9.35. The molecule has 1 aliphatic carbocycles. The van der Waals surface area contributed by atoms with Crippen LogP contribution in [0.2, 0.25) is 0 Å². The van der Waals surface area contributed by atoms with Crippen molar-refractivity contribution in [1.29, 1.82) is 0 Å². The number of amides is 3. The molecule has 0 aromatic heterocycles. The SMILES string of the molecule is Cc1ccc(S(=O)(=O)N2CCCCC2C)cc1C(=O)OC(C)C(=O)NC(=O)NC1CC1. The third-order valence-corrected chi connectivity index (χ3v) is 7.59. The third-order valence-electron chi connectivity index (χ3n) is 5.58. The molecule has 1 heterocycles. The van der Waals surface area contributed by atoms with Gasteiger partial charge in [-0.15, -0.1) is 0 Å². The number of hydrogen-bond acceptors (Lipinski definition) is 6. The molecule has 2 aliphatic rings. The van der Waals surface area contributed by atoms with E-state index in [9.17, 15) is 22.8 Å². The van der Waals surface area contributed by atoms with Gasteiger partial charge in [-0.05, 0) is 64.2 Å². The van der Waals surface area contributed by atoms with Gasteiger partial charge in [-0.2, -0.15) is 4.31 Å². The summed E-state index contributed by atoms with van der Waals surface area (Å²) in [4.78, 5) is 36.5. The van der Waals surface area contributed by atoms with Gasteiger partial charge in [-0.25, -0.2) is 18.0 Å². The number of ether oxygens (including phenoxy) is 1. The number of nitrogens with zero attached hydrogens (tertiary/aromatic N) is 1. The van der Waals surface area contributed by atoms with Gasteiger partial charge in [0.25, 0.3) is 5.91 Å². The molecule has 170 valence electrons. The number of nitrogens with one attached hydrogen (secondary N) is 2. The molecule has 0 radical (unpaired) electrons. The lowest BCUT2D eigenvalue weighted by Gasteiger charge is -2.32. The first-order valence-electron chi connectivity index (χ1n) is 10.5. The van der Waals surface area contributed by atoms with Gasteiger partial charge in [0.1, 0.15) is 0 Å². The van der Waals surface area contributed by atoms with Crippen molar-refractivity contribution in [3.05, 3.63) is 29.3 Å². The van der Waals surface area contributed by atoms with E-state index in [0.717, 1.165) is 32.1 Å². The Morgan fingerprint density at radius 2 is 1.87 bits per heavy atom. The highest BCUT2D eigenvalue weighted by Crippen LogP contribution is 2.26. The minimum absolute atomic E-state index is 0.0136. The molecule has 0 bridgehead atoms. The molecule has 1 aromatic rings. The van der Waals surface area contributed by atoms with Crippen LogP contribution in [0.3, 0.4) is 0 Å². The second-order valence-corrected chi connectivity index (χ2v) is 10.1. The number of hydrogen-bond donors (Lipinski definition) is 2. The lowest BCUT2D eigenvalue weighted by molar-refractivity contribution is -0.127. The Kier molecular flexibility index (Phi) is 7.00. The zero-order valence-corrected chi connectivity index (χ0v) is 18.8. The van der Waals surface area contributed by atoms with Gasteiger partial charge in [0.05, 0.1) is 10.5 Å². The summed E-state index contributed by atoms with van der Waals surface area (Å²) in [6.07, 6.45) is 3.10. The van der Waals surface area contributed by atoms with Gasteiger partial charge < -0.3 is 10.1 Å². The summed E-state index contributed by atoms with van der Waals surface area (Å²) in [5.41, 5.74) is 0.586. The summed E-state index contributed by atoms with van der Waals surface area (Å²) in [6, 6.07) is 3.66. The van der Waals surface area contributed by atoms with Crippen LogP contribution in [0.4, 0.5) is 4.79 Å². The first-order chi connectivity index (χ1) is 14.6. The minimum atomic E-state index is -3.76. The average Bonchev–Trinajstić information content (AvgIpc) is 3.51. The van der Waals surface area contributed by atoms with E-state index in [1.54, 1.807) is 13.0 Å². The monoisotopic (exact) mass is 451 g/mol. The number of rotatable bonds is 6. The fourth-order valence-corrected chi connectivity index (χ4v) is 5.21.